The van der Waals surface area contributed by atoms with Crippen LogP contribution in [-0.4, -0.2) is 43.8 Å². The predicted octanol–water partition coefficient (Wildman–Crippen LogP) is 1.64. The van der Waals surface area contributed by atoms with Crippen LogP contribution in [0, 0.1) is 0 Å². The number of halogens is 1. The number of carbonyl (C=O) groups excluding carboxylic acids is 1. The van der Waals surface area contributed by atoms with Gasteiger partial charge in [-0.05, 0) is 24.1 Å². The highest BCUT2D eigenvalue weighted by Crippen LogP contribution is 2.18. The van der Waals surface area contributed by atoms with E-state index >= 15 is 0 Å². The Hall–Kier alpha value is -0.880. The fraction of sp³-hybridized carbons (Fsp3) is 0.462. The molecule has 19 heavy (non-hydrogen) atoms. The van der Waals surface area contributed by atoms with E-state index in [2.05, 4.69) is 15.9 Å². The lowest BCUT2D eigenvalue weighted by Crippen LogP contribution is -2.32. The van der Waals surface area contributed by atoms with Crippen molar-refractivity contribution in [2.75, 3.05) is 19.3 Å². The number of sulfone groups is 1. The van der Waals surface area contributed by atoms with Gasteiger partial charge in [0.1, 0.15) is 0 Å². The summed E-state index contributed by atoms with van der Waals surface area (Å²) in [5.74, 6) is -0.00604. The Morgan fingerprint density at radius 2 is 2.00 bits per heavy atom. The van der Waals surface area contributed by atoms with Gasteiger partial charge in [-0.3, -0.25) is 4.79 Å². The molecule has 1 heterocycles. The van der Waals surface area contributed by atoms with Crippen molar-refractivity contribution in [3.63, 3.8) is 0 Å². The maximum absolute atomic E-state index is 12.1. The molecule has 1 fully saturated rings. The van der Waals surface area contributed by atoms with Crippen LogP contribution >= 0.6 is 15.9 Å². The Kier molecular flexibility index (Phi) is 4.30. The highest BCUT2D eigenvalue weighted by atomic mass is 79.9. The number of hydrogen-bond acceptors (Lipinski definition) is 3. The van der Waals surface area contributed by atoms with Crippen molar-refractivity contribution >= 4 is 31.7 Å². The third kappa shape index (κ3) is 3.79. The Morgan fingerprint density at radius 1 is 1.37 bits per heavy atom. The van der Waals surface area contributed by atoms with Crippen molar-refractivity contribution in [3.8, 4) is 0 Å². The van der Waals surface area contributed by atoms with Gasteiger partial charge in [0.25, 0.3) is 0 Å². The van der Waals surface area contributed by atoms with Crippen molar-refractivity contribution in [1.82, 2.24) is 4.90 Å². The maximum atomic E-state index is 12.1. The van der Waals surface area contributed by atoms with Crippen molar-refractivity contribution in [1.29, 1.82) is 0 Å². The third-order valence-corrected chi connectivity index (χ3v) is 5.50. The molecule has 4 nitrogen and oxygen atoms in total. The summed E-state index contributed by atoms with van der Waals surface area (Å²) in [6, 6.07) is 7.58. The average molecular weight is 346 g/mol. The maximum Gasteiger partial charge on any atom is 0.227 e. The van der Waals surface area contributed by atoms with E-state index in [1.807, 2.05) is 24.3 Å². The lowest BCUT2D eigenvalue weighted by molar-refractivity contribution is -0.129. The number of carbonyl (C=O) groups is 1. The molecule has 6 heteroatoms. The third-order valence-electron chi connectivity index (χ3n) is 3.37. The molecule has 0 aromatic heterocycles. The summed E-state index contributed by atoms with van der Waals surface area (Å²) < 4.78 is 23.9. The molecule has 0 spiro atoms. The summed E-state index contributed by atoms with van der Waals surface area (Å²) in [5.41, 5.74) is 0.941. The summed E-state index contributed by atoms with van der Waals surface area (Å²) in [5, 5.41) is -0.402. The smallest absolute Gasteiger partial charge is 0.227 e. The Balaban J connectivity index is 1.97. The summed E-state index contributed by atoms with van der Waals surface area (Å²) in [6.45, 7) is 0.862. The van der Waals surface area contributed by atoms with E-state index in [0.29, 0.717) is 25.9 Å². The molecule has 1 aromatic carbocycles. The molecule has 1 unspecified atom stereocenters. The first-order valence-electron chi connectivity index (χ1n) is 6.07. The number of likely N-dealkylation sites (tertiary alicyclic amines) is 1. The second kappa shape index (κ2) is 5.63. The van der Waals surface area contributed by atoms with Gasteiger partial charge in [-0.1, -0.05) is 28.1 Å². The zero-order valence-electron chi connectivity index (χ0n) is 10.7. The van der Waals surface area contributed by atoms with E-state index in [4.69, 9.17) is 0 Å². The number of rotatable bonds is 3. The largest absolute Gasteiger partial charge is 0.341 e. The number of amides is 1. The monoisotopic (exact) mass is 345 g/mol. The molecule has 0 N–H and O–H groups in total. The van der Waals surface area contributed by atoms with Gasteiger partial charge in [-0.15, -0.1) is 0 Å². The second-order valence-corrected chi connectivity index (χ2v) is 8.12. The van der Waals surface area contributed by atoms with Gasteiger partial charge in [0.05, 0.1) is 11.7 Å². The molecule has 1 amide bonds. The van der Waals surface area contributed by atoms with Gasteiger partial charge in [-0.2, -0.15) is 0 Å². The lowest BCUT2D eigenvalue weighted by atomic mass is 10.1. The number of benzene rings is 1. The lowest BCUT2D eigenvalue weighted by Gasteiger charge is -2.16. The minimum absolute atomic E-state index is 0.00604. The SMILES string of the molecule is CS(=O)(=O)C1CCN(C(=O)Cc2ccc(Br)cc2)C1. The van der Waals surface area contributed by atoms with Crippen LogP contribution in [0.5, 0.6) is 0 Å². The molecule has 1 atom stereocenters. The van der Waals surface area contributed by atoms with Gasteiger partial charge >= 0.3 is 0 Å². The molecule has 2 rings (SSSR count). The minimum atomic E-state index is -3.05. The first-order chi connectivity index (χ1) is 8.86. The van der Waals surface area contributed by atoms with Crippen LogP contribution < -0.4 is 0 Å². The van der Waals surface area contributed by atoms with Crippen LogP contribution in [0.25, 0.3) is 0 Å². The average Bonchev–Trinajstić information content (AvgIpc) is 2.81. The van der Waals surface area contributed by atoms with Crippen LogP contribution in [0.2, 0.25) is 0 Å². The number of hydrogen-bond donors (Lipinski definition) is 0. The fourth-order valence-electron chi connectivity index (χ4n) is 2.19. The van der Waals surface area contributed by atoms with Gasteiger partial charge in [-0.25, -0.2) is 8.42 Å². The normalized spacial score (nSPS) is 19.7. The Morgan fingerprint density at radius 3 is 2.53 bits per heavy atom. The molecular formula is C13H16BrNO3S. The summed E-state index contributed by atoms with van der Waals surface area (Å²) in [7, 11) is -3.05. The highest BCUT2D eigenvalue weighted by Gasteiger charge is 2.32. The highest BCUT2D eigenvalue weighted by molar-refractivity contribution is 9.10. The van der Waals surface area contributed by atoms with Gasteiger partial charge in [0.15, 0.2) is 9.84 Å². The molecule has 0 saturated carbocycles. The van der Waals surface area contributed by atoms with Crippen molar-refractivity contribution in [2.24, 2.45) is 0 Å². The topological polar surface area (TPSA) is 54.5 Å². The van der Waals surface area contributed by atoms with Gasteiger partial charge in [0.2, 0.25) is 5.91 Å². The molecule has 1 aromatic rings. The van der Waals surface area contributed by atoms with E-state index in [9.17, 15) is 13.2 Å². The van der Waals surface area contributed by atoms with Crippen molar-refractivity contribution in [3.05, 3.63) is 34.3 Å². The first-order valence-corrected chi connectivity index (χ1v) is 8.82. The molecule has 1 saturated heterocycles. The summed E-state index contributed by atoms with van der Waals surface area (Å²) in [4.78, 5) is 13.7. The van der Waals surface area contributed by atoms with E-state index in [1.165, 1.54) is 6.26 Å². The Bertz CT molecular complexity index is 568. The van der Waals surface area contributed by atoms with E-state index in [0.717, 1.165) is 10.0 Å². The zero-order valence-corrected chi connectivity index (χ0v) is 13.1. The van der Waals surface area contributed by atoms with Crippen molar-refractivity contribution in [2.45, 2.75) is 18.1 Å². The van der Waals surface area contributed by atoms with E-state index < -0.39 is 15.1 Å². The Labute approximate surface area is 121 Å². The van der Waals surface area contributed by atoms with E-state index in [-0.39, 0.29) is 5.91 Å². The van der Waals surface area contributed by atoms with Crippen LogP contribution in [0.15, 0.2) is 28.7 Å². The molecular weight excluding hydrogens is 330 g/mol. The van der Waals surface area contributed by atoms with Gasteiger partial charge < -0.3 is 4.90 Å². The predicted molar refractivity (Wildman–Crippen MR) is 77.7 cm³/mol. The van der Waals surface area contributed by atoms with Gasteiger partial charge in [0, 0.05) is 23.8 Å². The number of nitrogens with zero attached hydrogens (tertiary/aromatic N) is 1. The zero-order chi connectivity index (χ0) is 14.0. The second-order valence-electron chi connectivity index (χ2n) is 4.88. The first kappa shape index (κ1) is 14.5. The minimum Gasteiger partial charge on any atom is -0.341 e. The van der Waals surface area contributed by atoms with Crippen LogP contribution in [-0.2, 0) is 21.1 Å². The van der Waals surface area contributed by atoms with Crippen LogP contribution in [0.1, 0.15) is 12.0 Å². The molecule has 0 bridgehead atoms. The molecule has 0 aliphatic carbocycles. The summed E-state index contributed by atoms with van der Waals surface area (Å²) >= 11 is 3.35. The summed E-state index contributed by atoms with van der Waals surface area (Å²) in [6.07, 6.45) is 2.11. The molecule has 0 radical (unpaired) electrons. The van der Waals surface area contributed by atoms with Crippen LogP contribution in [0.3, 0.4) is 0 Å². The molecule has 1 aliphatic rings. The standard InChI is InChI=1S/C13H16BrNO3S/c1-19(17,18)12-6-7-15(9-12)13(16)8-10-2-4-11(14)5-3-10/h2-5,12H,6-9H2,1H3. The quantitative estimate of drug-likeness (QED) is 0.836. The molecule has 1 aliphatic heterocycles. The van der Waals surface area contributed by atoms with Crippen molar-refractivity contribution < 1.29 is 13.2 Å². The molecule has 104 valence electrons. The van der Waals surface area contributed by atoms with Crippen LogP contribution in [0.4, 0.5) is 0 Å². The van der Waals surface area contributed by atoms with E-state index in [1.54, 1.807) is 4.90 Å². The fourth-order valence-corrected chi connectivity index (χ4v) is 3.44.